The summed E-state index contributed by atoms with van der Waals surface area (Å²) < 4.78 is 29.1. The van der Waals surface area contributed by atoms with Crippen LogP contribution in [0.15, 0.2) is 30.8 Å². The Balaban J connectivity index is 2.91. The largest absolute Gasteiger partial charge is 0.497 e. The molecule has 118 valence electrons. The summed E-state index contributed by atoms with van der Waals surface area (Å²) >= 11 is 0. The van der Waals surface area contributed by atoms with Gasteiger partial charge in [0.15, 0.2) is 0 Å². The van der Waals surface area contributed by atoms with Crippen molar-refractivity contribution in [1.82, 2.24) is 0 Å². The molecule has 0 aliphatic carbocycles. The summed E-state index contributed by atoms with van der Waals surface area (Å²) in [6.07, 6.45) is -0.184. The van der Waals surface area contributed by atoms with E-state index >= 15 is 0 Å². The fourth-order valence-corrected chi connectivity index (χ4v) is 4.04. The van der Waals surface area contributed by atoms with Crippen molar-refractivity contribution in [1.29, 1.82) is 0 Å². The summed E-state index contributed by atoms with van der Waals surface area (Å²) in [5.74, 6) is 0.734. The molecule has 0 saturated carbocycles. The molecule has 4 nitrogen and oxygen atoms in total. The van der Waals surface area contributed by atoms with Gasteiger partial charge in [-0.1, -0.05) is 18.7 Å². The van der Waals surface area contributed by atoms with Crippen molar-refractivity contribution in [2.45, 2.75) is 39.9 Å². The molecule has 5 heteroatoms. The Bertz CT molecular complexity index is 509. The first kappa shape index (κ1) is 18.0. The van der Waals surface area contributed by atoms with Gasteiger partial charge in [0, 0.05) is 0 Å². The summed E-state index contributed by atoms with van der Waals surface area (Å²) in [7, 11) is -1.61. The SMILES string of the molecule is C=C(CP(=O)(OC(C)C)OC(C)C)c1cccc(OC)c1. The van der Waals surface area contributed by atoms with Crippen molar-refractivity contribution in [3.8, 4) is 5.75 Å². The normalized spacial score (nSPS) is 12.0. The molecular weight excluding hydrogens is 287 g/mol. The molecule has 0 amide bonds. The Hall–Kier alpha value is -1.09. The fraction of sp³-hybridized carbons (Fsp3) is 0.500. The van der Waals surface area contributed by atoms with Gasteiger partial charge in [-0.25, -0.2) is 0 Å². The monoisotopic (exact) mass is 312 g/mol. The molecule has 0 fully saturated rings. The number of hydrogen-bond acceptors (Lipinski definition) is 4. The quantitative estimate of drug-likeness (QED) is 0.650. The van der Waals surface area contributed by atoms with Crippen molar-refractivity contribution in [3.05, 3.63) is 36.4 Å². The summed E-state index contributed by atoms with van der Waals surface area (Å²) in [6, 6.07) is 7.49. The van der Waals surface area contributed by atoms with Crippen LogP contribution in [-0.2, 0) is 13.6 Å². The lowest BCUT2D eigenvalue weighted by Gasteiger charge is -2.23. The molecule has 0 unspecified atom stereocenters. The molecular formula is C16H25O4P. The number of allylic oxidation sites excluding steroid dienone is 1. The highest BCUT2D eigenvalue weighted by atomic mass is 31.2. The van der Waals surface area contributed by atoms with Gasteiger partial charge < -0.3 is 13.8 Å². The van der Waals surface area contributed by atoms with Gasteiger partial charge in [-0.2, -0.15) is 0 Å². The van der Waals surface area contributed by atoms with Crippen molar-refractivity contribution in [2.75, 3.05) is 13.3 Å². The van der Waals surface area contributed by atoms with E-state index in [1.54, 1.807) is 7.11 Å². The molecule has 0 spiro atoms. The zero-order valence-electron chi connectivity index (χ0n) is 13.5. The molecule has 0 N–H and O–H groups in total. The first-order valence-electron chi connectivity index (χ1n) is 7.04. The van der Waals surface area contributed by atoms with Crippen molar-refractivity contribution in [3.63, 3.8) is 0 Å². The molecule has 0 aromatic heterocycles. The second-order valence-corrected chi connectivity index (χ2v) is 7.37. The summed E-state index contributed by atoms with van der Waals surface area (Å²) in [4.78, 5) is 0. The molecule has 21 heavy (non-hydrogen) atoms. The van der Waals surface area contributed by atoms with E-state index in [4.69, 9.17) is 13.8 Å². The van der Waals surface area contributed by atoms with Gasteiger partial charge in [0.05, 0.1) is 25.5 Å². The van der Waals surface area contributed by atoms with E-state index in [-0.39, 0.29) is 18.4 Å². The lowest BCUT2D eigenvalue weighted by Crippen LogP contribution is -2.11. The van der Waals surface area contributed by atoms with E-state index in [9.17, 15) is 4.57 Å². The third kappa shape index (κ3) is 6.04. The Morgan fingerprint density at radius 2 is 1.76 bits per heavy atom. The second-order valence-electron chi connectivity index (χ2n) is 5.41. The van der Waals surface area contributed by atoms with Crippen LogP contribution in [0.3, 0.4) is 0 Å². The Morgan fingerprint density at radius 1 is 1.19 bits per heavy atom. The molecule has 1 rings (SSSR count). The average Bonchev–Trinajstić information content (AvgIpc) is 2.36. The van der Waals surface area contributed by atoms with Gasteiger partial charge in [0.25, 0.3) is 0 Å². The fourth-order valence-electron chi connectivity index (χ4n) is 1.91. The Labute approximate surface area is 127 Å². The standard InChI is InChI=1S/C16H25O4P/c1-12(2)19-21(17,20-13(3)4)11-14(5)15-8-7-9-16(10-15)18-6/h7-10,12-13H,5,11H2,1-4,6H3. The van der Waals surface area contributed by atoms with Gasteiger partial charge in [0.1, 0.15) is 5.75 Å². The minimum absolute atomic E-state index is 0.163. The first-order chi connectivity index (χ1) is 9.75. The predicted molar refractivity (Wildman–Crippen MR) is 86.9 cm³/mol. The van der Waals surface area contributed by atoms with Crippen LogP contribution >= 0.6 is 7.60 Å². The minimum Gasteiger partial charge on any atom is -0.497 e. The molecule has 0 aliphatic rings. The van der Waals surface area contributed by atoms with Crippen molar-refractivity contribution >= 4 is 13.2 Å². The highest BCUT2D eigenvalue weighted by Gasteiger charge is 2.29. The Morgan fingerprint density at radius 3 is 2.24 bits per heavy atom. The number of hydrogen-bond donors (Lipinski definition) is 0. The zero-order chi connectivity index (χ0) is 16.0. The molecule has 0 heterocycles. The molecule has 0 bridgehead atoms. The molecule has 0 radical (unpaired) electrons. The van der Waals surface area contributed by atoms with E-state index in [1.807, 2.05) is 52.0 Å². The molecule has 0 saturated heterocycles. The second kappa shape index (κ2) is 7.79. The Kier molecular flexibility index (Phi) is 6.66. The van der Waals surface area contributed by atoms with Gasteiger partial charge in [0.2, 0.25) is 0 Å². The maximum atomic E-state index is 12.8. The number of rotatable bonds is 8. The molecule has 1 aromatic rings. The predicted octanol–water partition coefficient (Wildman–Crippen LogP) is 4.75. The minimum atomic E-state index is -3.22. The summed E-state index contributed by atoms with van der Waals surface area (Å²) in [6.45, 7) is 11.4. The average molecular weight is 312 g/mol. The third-order valence-electron chi connectivity index (χ3n) is 2.61. The lowest BCUT2D eigenvalue weighted by atomic mass is 10.1. The summed E-state index contributed by atoms with van der Waals surface area (Å²) in [5.41, 5.74) is 1.58. The highest BCUT2D eigenvalue weighted by molar-refractivity contribution is 7.54. The number of benzene rings is 1. The van der Waals surface area contributed by atoms with Crippen LogP contribution in [0, 0.1) is 0 Å². The lowest BCUT2D eigenvalue weighted by molar-refractivity contribution is 0.144. The van der Waals surface area contributed by atoms with Crippen molar-refractivity contribution < 1.29 is 18.3 Å². The summed E-state index contributed by atoms with van der Waals surface area (Å²) in [5, 5.41) is 0. The van der Waals surface area contributed by atoms with E-state index in [1.165, 1.54) is 0 Å². The van der Waals surface area contributed by atoms with Crippen LogP contribution in [0.25, 0.3) is 5.57 Å². The highest BCUT2D eigenvalue weighted by Crippen LogP contribution is 2.52. The van der Waals surface area contributed by atoms with Crippen LogP contribution in [0.4, 0.5) is 0 Å². The topological polar surface area (TPSA) is 44.8 Å². The first-order valence-corrected chi connectivity index (χ1v) is 8.76. The van der Waals surface area contributed by atoms with Gasteiger partial charge >= 0.3 is 7.60 Å². The van der Waals surface area contributed by atoms with Gasteiger partial charge in [-0.3, -0.25) is 4.57 Å². The van der Waals surface area contributed by atoms with E-state index in [0.717, 1.165) is 11.3 Å². The van der Waals surface area contributed by atoms with Gasteiger partial charge in [-0.15, -0.1) is 0 Å². The van der Waals surface area contributed by atoms with Crippen LogP contribution in [-0.4, -0.2) is 25.5 Å². The maximum Gasteiger partial charge on any atom is 0.335 e. The zero-order valence-corrected chi connectivity index (χ0v) is 14.4. The smallest absolute Gasteiger partial charge is 0.335 e. The molecule has 0 aliphatic heterocycles. The van der Waals surface area contributed by atoms with E-state index < -0.39 is 7.60 Å². The van der Waals surface area contributed by atoms with Crippen LogP contribution in [0.5, 0.6) is 5.75 Å². The number of methoxy groups -OCH3 is 1. The maximum absolute atomic E-state index is 12.8. The van der Waals surface area contributed by atoms with Crippen LogP contribution in [0.2, 0.25) is 0 Å². The van der Waals surface area contributed by atoms with Crippen LogP contribution < -0.4 is 4.74 Å². The van der Waals surface area contributed by atoms with E-state index in [0.29, 0.717) is 5.57 Å². The van der Waals surface area contributed by atoms with Crippen molar-refractivity contribution in [2.24, 2.45) is 0 Å². The van der Waals surface area contributed by atoms with Gasteiger partial charge in [-0.05, 0) is 51.0 Å². The van der Waals surface area contributed by atoms with Crippen LogP contribution in [0.1, 0.15) is 33.3 Å². The molecule has 0 atom stereocenters. The van der Waals surface area contributed by atoms with E-state index in [2.05, 4.69) is 6.58 Å². The third-order valence-corrected chi connectivity index (χ3v) is 4.86. The number of ether oxygens (including phenoxy) is 1. The molecule has 1 aromatic carbocycles.